The summed E-state index contributed by atoms with van der Waals surface area (Å²) in [5.41, 5.74) is 0.365. The Morgan fingerprint density at radius 3 is 2.83 bits per heavy atom. The number of hydrogen-bond donors (Lipinski definition) is 1. The second kappa shape index (κ2) is 5.10. The molecular formula is C13H20N2O3. The fourth-order valence-corrected chi connectivity index (χ4v) is 2.26. The summed E-state index contributed by atoms with van der Waals surface area (Å²) in [4.78, 5) is 14.0. The molecule has 1 amide bonds. The summed E-state index contributed by atoms with van der Waals surface area (Å²) in [6, 6.07) is 1.71. The summed E-state index contributed by atoms with van der Waals surface area (Å²) < 4.78 is 5.14. The molecule has 100 valence electrons. The van der Waals surface area contributed by atoms with Crippen molar-refractivity contribution in [1.82, 2.24) is 10.1 Å². The molecule has 0 bridgehead atoms. The number of rotatable bonds is 3. The molecule has 0 aliphatic carbocycles. The first-order valence-electron chi connectivity index (χ1n) is 6.39. The second-order valence-electron chi connectivity index (χ2n) is 5.40. The Kier molecular flexibility index (Phi) is 3.71. The lowest BCUT2D eigenvalue weighted by molar-refractivity contribution is 0.0770. The minimum atomic E-state index is -0.103. The van der Waals surface area contributed by atoms with Crippen LogP contribution in [-0.2, 0) is 0 Å². The minimum Gasteiger partial charge on any atom is -0.396 e. The number of hydrogen-bond acceptors (Lipinski definition) is 4. The lowest BCUT2D eigenvalue weighted by atomic mass is 10.00. The van der Waals surface area contributed by atoms with Gasteiger partial charge in [0.1, 0.15) is 5.76 Å². The fourth-order valence-electron chi connectivity index (χ4n) is 2.26. The average Bonchev–Trinajstić information content (AvgIpc) is 2.94. The van der Waals surface area contributed by atoms with Gasteiger partial charge in [-0.2, -0.15) is 0 Å². The van der Waals surface area contributed by atoms with Crippen LogP contribution in [0.25, 0.3) is 0 Å². The Hall–Kier alpha value is -1.36. The molecule has 0 unspecified atom stereocenters. The van der Waals surface area contributed by atoms with Crippen molar-refractivity contribution in [3.63, 3.8) is 0 Å². The smallest absolute Gasteiger partial charge is 0.276 e. The highest BCUT2D eigenvalue weighted by Gasteiger charge is 2.33. The van der Waals surface area contributed by atoms with Crippen molar-refractivity contribution in [2.45, 2.75) is 26.7 Å². The number of nitrogens with zero attached hydrogens (tertiary/aromatic N) is 2. The van der Waals surface area contributed by atoms with E-state index in [-0.39, 0.29) is 24.3 Å². The molecule has 1 aliphatic heterocycles. The lowest BCUT2D eigenvalue weighted by Gasteiger charge is -2.13. The van der Waals surface area contributed by atoms with Crippen molar-refractivity contribution in [2.24, 2.45) is 11.8 Å². The Morgan fingerprint density at radius 1 is 1.61 bits per heavy atom. The van der Waals surface area contributed by atoms with Gasteiger partial charge >= 0.3 is 0 Å². The maximum absolute atomic E-state index is 12.2. The zero-order valence-electron chi connectivity index (χ0n) is 11.1. The summed E-state index contributed by atoms with van der Waals surface area (Å²) in [6.45, 7) is 7.44. The van der Waals surface area contributed by atoms with Gasteiger partial charge in [-0.1, -0.05) is 25.9 Å². The van der Waals surface area contributed by atoms with Crippen LogP contribution in [0.4, 0.5) is 0 Å². The minimum absolute atomic E-state index is 0.103. The topological polar surface area (TPSA) is 66.6 Å². The standard InChI is InChI=1S/C13H20N2O3/c1-8(2)12-4-11(14-18-12)13(17)15-5-9(3)10(6-15)7-16/h4,8-10,16H,5-7H2,1-3H3/t9-,10+/m1/s1. The molecule has 1 N–H and O–H groups in total. The van der Waals surface area contributed by atoms with E-state index in [1.54, 1.807) is 11.0 Å². The number of likely N-dealkylation sites (tertiary alicyclic amines) is 1. The molecule has 2 rings (SSSR count). The van der Waals surface area contributed by atoms with Gasteiger partial charge in [-0.15, -0.1) is 0 Å². The molecule has 5 heteroatoms. The third-order valence-electron chi connectivity index (χ3n) is 3.61. The van der Waals surface area contributed by atoms with Crippen molar-refractivity contribution in [1.29, 1.82) is 0 Å². The van der Waals surface area contributed by atoms with Gasteiger partial charge in [0.25, 0.3) is 5.91 Å². The molecule has 1 aromatic rings. The monoisotopic (exact) mass is 252 g/mol. The van der Waals surface area contributed by atoms with E-state index in [0.717, 1.165) is 5.76 Å². The first kappa shape index (κ1) is 13.1. The van der Waals surface area contributed by atoms with Crippen LogP contribution in [0.15, 0.2) is 10.6 Å². The summed E-state index contributed by atoms with van der Waals surface area (Å²) in [6.07, 6.45) is 0. The molecule has 1 aliphatic rings. The Morgan fingerprint density at radius 2 is 2.33 bits per heavy atom. The van der Waals surface area contributed by atoms with E-state index in [2.05, 4.69) is 12.1 Å². The Bertz CT molecular complexity index is 428. The molecule has 0 saturated carbocycles. The zero-order chi connectivity index (χ0) is 13.3. The van der Waals surface area contributed by atoms with Gasteiger partial charge in [-0.25, -0.2) is 0 Å². The zero-order valence-corrected chi connectivity index (χ0v) is 11.1. The van der Waals surface area contributed by atoms with Crippen LogP contribution in [-0.4, -0.2) is 40.8 Å². The number of amides is 1. The van der Waals surface area contributed by atoms with Crippen LogP contribution in [0.3, 0.4) is 0 Å². The number of aliphatic hydroxyl groups is 1. The van der Waals surface area contributed by atoms with Crippen LogP contribution in [0.5, 0.6) is 0 Å². The Labute approximate surface area is 107 Å². The van der Waals surface area contributed by atoms with Gasteiger partial charge in [0, 0.05) is 37.6 Å². The van der Waals surface area contributed by atoms with Crippen molar-refractivity contribution >= 4 is 5.91 Å². The quantitative estimate of drug-likeness (QED) is 0.885. The molecule has 0 aromatic carbocycles. The number of aromatic nitrogens is 1. The fraction of sp³-hybridized carbons (Fsp3) is 0.692. The van der Waals surface area contributed by atoms with E-state index < -0.39 is 0 Å². The lowest BCUT2D eigenvalue weighted by Crippen LogP contribution is -2.29. The normalized spacial score (nSPS) is 23.9. The van der Waals surface area contributed by atoms with Crippen LogP contribution in [0, 0.1) is 11.8 Å². The van der Waals surface area contributed by atoms with E-state index in [0.29, 0.717) is 24.7 Å². The molecule has 0 radical (unpaired) electrons. The summed E-state index contributed by atoms with van der Waals surface area (Å²) in [7, 11) is 0. The second-order valence-corrected chi connectivity index (χ2v) is 5.40. The predicted molar refractivity (Wildman–Crippen MR) is 66.2 cm³/mol. The summed E-state index contributed by atoms with van der Waals surface area (Å²) in [5.74, 6) is 1.35. The Balaban J connectivity index is 2.07. The van der Waals surface area contributed by atoms with E-state index in [4.69, 9.17) is 4.52 Å². The molecule has 18 heavy (non-hydrogen) atoms. The summed E-state index contributed by atoms with van der Waals surface area (Å²) >= 11 is 0. The van der Waals surface area contributed by atoms with E-state index in [1.165, 1.54) is 0 Å². The molecular weight excluding hydrogens is 232 g/mol. The highest BCUT2D eigenvalue weighted by molar-refractivity contribution is 5.92. The molecule has 1 fully saturated rings. The first-order chi connectivity index (χ1) is 8.52. The number of aliphatic hydroxyl groups excluding tert-OH is 1. The van der Waals surface area contributed by atoms with E-state index >= 15 is 0 Å². The molecule has 0 spiro atoms. The van der Waals surface area contributed by atoms with Crippen LogP contribution in [0.1, 0.15) is 42.9 Å². The third kappa shape index (κ3) is 2.41. The van der Waals surface area contributed by atoms with Gasteiger partial charge in [-0.05, 0) is 5.92 Å². The molecule has 1 aromatic heterocycles. The highest BCUT2D eigenvalue weighted by atomic mass is 16.5. The maximum Gasteiger partial charge on any atom is 0.276 e. The van der Waals surface area contributed by atoms with Crippen LogP contribution < -0.4 is 0 Å². The SMILES string of the molecule is CC(C)c1cc(C(=O)N2C[C@@H](CO)[C@H](C)C2)no1. The average molecular weight is 252 g/mol. The summed E-state index contributed by atoms with van der Waals surface area (Å²) in [5, 5.41) is 13.0. The maximum atomic E-state index is 12.2. The van der Waals surface area contributed by atoms with Crippen molar-refractivity contribution in [2.75, 3.05) is 19.7 Å². The molecule has 2 heterocycles. The highest BCUT2D eigenvalue weighted by Crippen LogP contribution is 2.24. The predicted octanol–water partition coefficient (Wildman–Crippen LogP) is 1.50. The van der Waals surface area contributed by atoms with Crippen molar-refractivity contribution in [3.05, 3.63) is 17.5 Å². The van der Waals surface area contributed by atoms with Crippen molar-refractivity contribution < 1.29 is 14.4 Å². The molecule has 5 nitrogen and oxygen atoms in total. The van der Waals surface area contributed by atoms with Crippen molar-refractivity contribution in [3.8, 4) is 0 Å². The third-order valence-corrected chi connectivity index (χ3v) is 3.61. The largest absolute Gasteiger partial charge is 0.396 e. The van der Waals surface area contributed by atoms with Gasteiger partial charge < -0.3 is 14.5 Å². The van der Waals surface area contributed by atoms with Crippen LogP contribution >= 0.6 is 0 Å². The number of carbonyl (C=O) groups is 1. The van der Waals surface area contributed by atoms with Gasteiger partial charge in [0.2, 0.25) is 0 Å². The van der Waals surface area contributed by atoms with E-state index in [9.17, 15) is 9.90 Å². The first-order valence-corrected chi connectivity index (χ1v) is 6.39. The molecule has 1 saturated heterocycles. The van der Waals surface area contributed by atoms with Gasteiger partial charge in [0.05, 0.1) is 0 Å². The van der Waals surface area contributed by atoms with Gasteiger partial charge in [0.15, 0.2) is 5.69 Å². The number of carbonyl (C=O) groups excluding carboxylic acids is 1. The van der Waals surface area contributed by atoms with Crippen LogP contribution in [0.2, 0.25) is 0 Å². The van der Waals surface area contributed by atoms with Gasteiger partial charge in [-0.3, -0.25) is 4.79 Å². The molecule has 2 atom stereocenters. The van der Waals surface area contributed by atoms with E-state index in [1.807, 2.05) is 13.8 Å².